The number of alkyl halides is 1. The number of aromatic nitrogens is 1. The zero-order valence-electron chi connectivity index (χ0n) is 8.33. The topological polar surface area (TPSA) is 33.2 Å². The predicted molar refractivity (Wildman–Crippen MR) is 59.8 cm³/mol. The molecule has 0 aliphatic heterocycles. The first kappa shape index (κ1) is 11.3. The molecule has 0 aromatic carbocycles. The molecule has 0 fully saturated rings. The van der Waals surface area contributed by atoms with Crippen molar-refractivity contribution >= 4 is 21.7 Å². The molecule has 0 atom stereocenters. The maximum Gasteiger partial charge on any atom is 0.191 e. The number of ketones is 1. The molecule has 76 valence electrons. The Morgan fingerprint density at radius 2 is 2.21 bits per heavy atom. The second-order valence-electron chi connectivity index (χ2n) is 3.31. The molecule has 1 aromatic rings. The first-order valence-electron chi connectivity index (χ1n) is 4.33. The van der Waals surface area contributed by atoms with Crippen molar-refractivity contribution in [2.45, 2.75) is 6.54 Å². The number of hydrogen-bond donors (Lipinski definition) is 0. The van der Waals surface area contributed by atoms with E-state index in [1.807, 2.05) is 31.1 Å². The van der Waals surface area contributed by atoms with Crippen LogP contribution in [-0.2, 0) is 6.54 Å². The highest BCUT2D eigenvalue weighted by atomic mass is 79.9. The third-order valence-electron chi connectivity index (χ3n) is 1.69. The van der Waals surface area contributed by atoms with Crippen LogP contribution in [0.15, 0.2) is 18.2 Å². The van der Waals surface area contributed by atoms with Gasteiger partial charge in [-0.3, -0.25) is 4.79 Å². The predicted octanol–water partition coefficient (Wildman–Crippen LogP) is 1.72. The van der Waals surface area contributed by atoms with Crippen molar-refractivity contribution in [1.82, 2.24) is 9.88 Å². The molecule has 0 bridgehead atoms. The average Bonchev–Trinajstić information content (AvgIpc) is 2.16. The van der Waals surface area contributed by atoms with Crippen LogP contribution < -0.4 is 0 Å². The van der Waals surface area contributed by atoms with Crippen LogP contribution in [-0.4, -0.2) is 35.1 Å². The van der Waals surface area contributed by atoms with Crippen LogP contribution in [0.4, 0.5) is 0 Å². The van der Waals surface area contributed by atoms with Crippen LogP contribution in [0.2, 0.25) is 0 Å². The molecule has 1 rings (SSSR count). The van der Waals surface area contributed by atoms with E-state index in [1.54, 1.807) is 6.07 Å². The number of Topliss-reactive ketones (excluding diaryl/α,β-unsaturated/α-hetero) is 1. The van der Waals surface area contributed by atoms with Crippen LogP contribution in [0.25, 0.3) is 0 Å². The largest absolute Gasteiger partial charge is 0.304 e. The Balaban J connectivity index is 2.84. The Bertz CT molecular complexity index is 326. The van der Waals surface area contributed by atoms with E-state index in [1.165, 1.54) is 0 Å². The summed E-state index contributed by atoms with van der Waals surface area (Å²) in [7, 11) is 3.95. The zero-order valence-corrected chi connectivity index (χ0v) is 9.91. The summed E-state index contributed by atoms with van der Waals surface area (Å²) in [4.78, 5) is 17.6. The quantitative estimate of drug-likeness (QED) is 0.608. The van der Waals surface area contributed by atoms with Gasteiger partial charge >= 0.3 is 0 Å². The number of carbonyl (C=O) groups is 1. The van der Waals surface area contributed by atoms with Crippen LogP contribution in [0, 0.1) is 0 Å². The minimum atomic E-state index is 0.0191. The number of hydrogen-bond acceptors (Lipinski definition) is 3. The van der Waals surface area contributed by atoms with Gasteiger partial charge in [-0.15, -0.1) is 0 Å². The third-order valence-corrected chi connectivity index (χ3v) is 2.20. The highest BCUT2D eigenvalue weighted by molar-refractivity contribution is 9.09. The molecule has 0 amide bonds. The van der Waals surface area contributed by atoms with Gasteiger partial charge in [-0.25, -0.2) is 4.98 Å². The lowest BCUT2D eigenvalue weighted by Crippen LogP contribution is -2.13. The standard InChI is InChI=1S/C10H13BrN2O/c1-13(2)7-8-4-3-5-9(12-8)10(14)6-11/h3-5H,6-7H2,1-2H3. The van der Waals surface area contributed by atoms with E-state index in [9.17, 15) is 4.79 Å². The molecule has 0 N–H and O–H groups in total. The van der Waals surface area contributed by atoms with Gasteiger partial charge in [0.1, 0.15) is 5.69 Å². The molecule has 0 saturated carbocycles. The van der Waals surface area contributed by atoms with Gasteiger partial charge in [-0.1, -0.05) is 22.0 Å². The Labute approximate surface area is 92.3 Å². The molecule has 4 heteroatoms. The van der Waals surface area contributed by atoms with Crippen molar-refractivity contribution in [2.24, 2.45) is 0 Å². The summed E-state index contributed by atoms with van der Waals surface area (Å²) in [6.07, 6.45) is 0. The summed E-state index contributed by atoms with van der Waals surface area (Å²) in [5.41, 5.74) is 1.45. The van der Waals surface area contributed by atoms with Gasteiger partial charge in [0, 0.05) is 6.54 Å². The molecule has 1 aromatic heterocycles. The number of halogens is 1. The Hall–Kier alpha value is -0.740. The normalized spacial score (nSPS) is 10.6. The molecule has 0 spiro atoms. The van der Waals surface area contributed by atoms with Crippen LogP contribution in [0.1, 0.15) is 16.2 Å². The molecule has 0 aliphatic rings. The second-order valence-corrected chi connectivity index (χ2v) is 3.87. The van der Waals surface area contributed by atoms with Crippen molar-refractivity contribution in [1.29, 1.82) is 0 Å². The number of rotatable bonds is 4. The molecule has 0 saturated heterocycles. The van der Waals surface area contributed by atoms with Crippen molar-refractivity contribution in [2.75, 3.05) is 19.4 Å². The molecule has 0 radical (unpaired) electrons. The van der Waals surface area contributed by atoms with Crippen molar-refractivity contribution in [3.63, 3.8) is 0 Å². The highest BCUT2D eigenvalue weighted by Gasteiger charge is 2.06. The van der Waals surface area contributed by atoms with Crippen LogP contribution in [0.3, 0.4) is 0 Å². The fraction of sp³-hybridized carbons (Fsp3) is 0.400. The summed E-state index contributed by atoms with van der Waals surface area (Å²) in [6, 6.07) is 5.52. The highest BCUT2D eigenvalue weighted by Crippen LogP contribution is 2.03. The van der Waals surface area contributed by atoms with E-state index in [2.05, 4.69) is 20.9 Å². The van der Waals surface area contributed by atoms with Crippen molar-refractivity contribution in [3.8, 4) is 0 Å². The van der Waals surface area contributed by atoms with Crippen molar-refractivity contribution < 1.29 is 4.79 Å². The van der Waals surface area contributed by atoms with E-state index in [0.717, 1.165) is 12.2 Å². The smallest absolute Gasteiger partial charge is 0.191 e. The van der Waals surface area contributed by atoms with Gasteiger partial charge in [0.2, 0.25) is 0 Å². The number of nitrogens with zero attached hydrogens (tertiary/aromatic N) is 2. The van der Waals surface area contributed by atoms with E-state index in [4.69, 9.17) is 0 Å². The summed E-state index contributed by atoms with van der Waals surface area (Å²) in [5, 5.41) is 0.325. The maximum absolute atomic E-state index is 11.3. The molecule has 0 aliphatic carbocycles. The van der Waals surface area contributed by atoms with Gasteiger partial charge in [-0.2, -0.15) is 0 Å². The Kier molecular flexibility index (Phi) is 4.22. The lowest BCUT2D eigenvalue weighted by atomic mass is 10.2. The minimum absolute atomic E-state index is 0.0191. The van der Waals surface area contributed by atoms with E-state index >= 15 is 0 Å². The lowest BCUT2D eigenvalue weighted by molar-refractivity contribution is 0.101. The molecular formula is C10H13BrN2O. The van der Waals surface area contributed by atoms with Crippen LogP contribution >= 0.6 is 15.9 Å². The second kappa shape index (κ2) is 5.22. The fourth-order valence-electron chi connectivity index (χ4n) is 1.12. The Morgan fingerprint density at radius 3 is 2.79 bits per heavy atom. The van der Waals surface area contributed by atoms with Gasteiger partial charge < -0.3 is 4.90 Å². The number of carbonyl (C=O) groups excluding carboxylic acids is 1. The molecular weight excluding hydrogens is 244 g/mol. The lowest BCUT2D eigenvalue weighted by Gasteiger charge is -2.09. The molecule has 3 nitrogen and oxygen atoms in total. The van der Waals surface area contributed by atoms with E-state index in [0.29, 0.717) is 11.0 Å². The zero-order chi connectivity index (χ0) is 10.6. The maximum atomic E-state index is 11.3. The summed E-state index contributed by atoms with van der Waals surface area (Å²) < 4.78 is 0. The monoisotopic (exact) mass is 256 g/mol. The SMILES string of the molecule is CN(C)Cc1cccc(C(=O)CBr)n1. The van der Waals surface area contributed by atoms with E-state index in [-0.39, 0.29) is 5.78 Å². The fourth-order valence-corrected chi connectivity index (χ4v) is 1.40. The van der Waals surface area contributed by atoms with Gasteiger partial charge in [0.25, 0.3) is 0 Å². The summed E-state index contributed by atoms with van der Waals surface area (Å²) in [5.74, 6) is 0.0191. The molecule has 14 heavy (non-hydrogen) atoms. The van der Waals surface area contributed by atoms with Gasteiger partial charge in [0.15, 0.2) is 5.78 Å². The summed E-state index contributed by atoms with van der Waals surface area (Å²) in [6.45, 7) is 0.753. The third kappa shape index (κ3) is 3.20. The number of pyridine rings is 1. The molecule has 0 unspecified atom stereocenters. The first-order valence-corrected chi connectivity index (χ1v) is 5.45. The summed E-state index contributed by atoms with van der Waals surface area (Å²) >= 11 is 3.13. The van der Waals surface area contributed by atoms with Crippen LogP contribution in [0.5, 0.6) is 0 Å². The average molecular weight is 257 g/mol. The van der Waals surface area contributed by atoms with Gasteiger partial charge in [-0.05, 0) is 26.2 Å². The van der Waals surface area contributed by atoms with Gasteiger partial charge in [0.05, 0.1) is 11.0 Å². The first-order chi connectivity index (χ1) is 6.63. The van der Waals surface area contributed by atoms with E-state index < -0.39 is 0 Å². The molecule has 1 heterocycles. The Morgan fingerprint density at radius 1 is 1.50 bits per heavy atom. The van der Waals surface area contributed by atoms with Crippen molar-refractivity contribution in [3.05, 3.63) is 29.6 Å². The minimum Gasteiger partial charge on any atom is -0.304 e.